The molecular formula is C12H13N3O2S. The van der Waals surface area contributed by atoms with Crippen LogP contribution in [0.2, 0.25) is 0 Å². The zero-order valence-electron chi connectivity index (χ0n) is 9.68. The number of carbonyl (C=O) groups excluding carboxylic acids is 1. The summed E-state index contributed by atoms with van der Waals surface area (Å²) >= 11 is 1.52. The molecular weight excluding hydrogens is 250 g/mol. The first-order valence-corrected chi connectivity index (χ1v) is 6.67. The van der Waals surface area contributed by atoms with Gasteiger partial charge in [0.1, 0.15) is 0 Å². The quantitative estimate of drug-likeness (QED) is 0.871. The average molecular weight is 263 g/mol. The van der Waals surface area contributed by atoms with E-state index in [0.29, 0.717) is 6.54 Å². The van der Waals surface area contributed by atoms with Crippen molar-refractivity contribution in [3.05, 3.63) is 29.5 Å². The lowest BCUT2D eigenvalue weighted by Crippen LogP contribution is -2.50. The molecule has 3 rings (SSSR count). The van der Waals surface area contributed by atoms with Crippen molar-refractivity contribution in [3.63, 3.8) is 0 Å². The lowest BCUT2D eigenvalue weighted by molar-refractivity contribution is -0.126. The van der Waals surface area contributed by atoms with E-state index in [0.717, 1.165) is 29.6 Å². The summed E-state index contributed by atoms with van der Waals surface area (Å²) in [6, 6.07) is 3.71. The van der Waals surface area contributed by atoms with Crippen LogP contribution in [0.4, 0.5) is 0 Å². The van der Waals surface area contributed by atoms with E-state index in [1.807, 2.05) is 17.5 Å². The lowest BCUT2D eigenvalue weighted by atomic mass is 10.0. The molecule has 1 amide bonds. The van der Waals surface area contributed by atoms with Crippen LogP contribution in [-0.4, -0.2) is 24.0 Å². The van der Waals surface area contributed by atoms with Crippen LogP contribution in [0, 0.1) is 5.92 Å². The molecule has 3 heterocycles. The van der Waals surface area contributed by atoms with Gasteiger partial charge in [0, 0.05) is 18.5 Å². The van der Waals surface area contributed by atoms with E-state index in [9.17, 15) is 4.79 Å². The van der Waals surface area contributed by atoms with E-state index < -0.39 is 0 Å². The molecule has 0 bridgehead atoms. The molecule has 0 unspecified atom stereocenters. The molecule has 0 aromatic carbocycles. The van der Waals surface area contributed by atoms with E-state index in [1.165, 1.54) is 11.3 Å². The van der Waals surface area contributed by atoms with Crippen molar-refractivity contribution in [3.8, 4) is 10.8 Å². The van der Waals surface area contributed by atoms with Gasteiger partial charge < -0.3 is 15.1 Å². The predicted molar refractivity (Wildman–Crippen MR) is 68.0 cm³/mol. The maximum absolute atomic E-state index is 11.6. The van der Waals surface area contributed by atoms with Crippen LogP contribution in [0.5, 0.6) is 0 Å². The fraction of sp³-hybridized carbons (Fsp3) is 0.333. The molecule has 2 aromatic rings. The summed E-state index contributed by atoms with van der Waals surface area (Å²) in [5.74, 6) is 0.982. The monoisotopic (exact) mass is 263 g/mol. The van der Waals surface area contributed by atoms with Gasteiger partial charge in [0.2, 0.25) is 5.91 Å². The second-order valence-corrected chi connectivity index (χ2v) is 5.05. The summed E-state index contributed by atoms with van der Waals surface area (Å²) in [4.78, 5) is 16.1. The predicted octanol–water partition coefficient (Wildman–Crippen LogP) is 1.24. The number of thiazole rings is 1. The molecule has 94 valence electrons. The molecule has 0 saturated carbocycles. The van der Waals surface area contributed by atoms with E-state index in [2.05, 4.69) is 15.6 Å². The molecule has 0 spiro atoms. The maximum atomic E-state index is 11.6. The minimum atomic E-state index is 0.0984. The topological polar surface area (TPSA) is 67.2 Å². The molecule has 1 fully saturated rings. The first kappa shape index (κ1) is 11.4. The van der Waals surface area contributed by atoms with Gasteiger partial charge in [0.05, 0.1) is 24.4 Å². The number of amides is 1. The van der Waals surface area contributed by atoms with Gasteiger partial charge in [0.15, 0.2) is 10.8 Å². The number of nitrogens with zero attached hydrogens (tertiary/aromatic N) is 1. The average Bonchev–Trinajstić information content (AvgIpc) is 2.94. The Hall–Kier alpha value is -1.66. The second kappa shape index (κ2) is 4.91. The minimum Gasteiger partial charge on any atom is -0.462 e. The first-order valence-electron chi connectivity index (χ1n) is 5.79. The van der Waals surface area contributed by atoms with Crippen molar-refractivity contribution in [2.24, 2.45) is 5.92 Å². The van der Waals surface area contributed by atoms with Crippen molar-refractivity contribution in [2.45, 2.75) is 6.54 Å². The fourth-order valence-corrected chi connectivity index (χ4v) is 2.48. The van der Waals surface area contributed by atoms with Crippen molar-refractivity contribution in [1.29, 1.82) is 0 Å². The molecule has 0 radical (unpaired) electrons. The van der Waals surface area contributed by atoms with Gasteiger partial charge in [-0.15, -0.1) is 11.3 Å². The zero-order chi connectivity index (χ0) is 12.4. The Kier molecular flexibility index (Phi) is 3.12. The highest BCUT2D eigenvalue weighted by Crippen LogP contribution is 2.23. The van der Waals surface area contributed by atoms with Gasteiger partial charge in [-0.25, -0.2) is 4.98 Å². The summed E-state index contributed by atoms with van der Waals surface area (Å²) in [5.41, 5.74) is 0.868. The number of rotatable bonds is 4. The summed E-state index contributed by atoms with van der Waals surface area (Å²) < 4.78 is 5.28. The van der Waals surface area contributed by atoms with Crippen LogP contribution in [0.3, 0.4) is 0 Å². The van der Waals surface area contributed by atoms with E-state index >= 15 is 0 Å². The Morgan fingerprint density at radius 2 is 2.50 bits per heavy atom. The SMILES string of the molecule is O=C(NCc1csc(-c2ccco2)n1)C1CNC1. The molecule has 0 atom stereocenters. The minimum absolute atomic E-state index is 0.0984. The summed E-state index contributed by atoms with van der Waals surface area (Å²) in [6.45, 7) is 2.04. The largest absolute Gasteiger partial charge is 0.462 e. The van der Waals surface area contributed by atoms with Crippen LogP contribution in [0.25, 0.3) is 10.8 Å². The Labute approximate surface area is 108 Å². The molecule has 1 aliphatic heterocycles. The lowest BCUT2D eigenvalue weighted by Gasteiger charge is -2.25. The molecule has 18 heavy (non-hydrogen) atoms. The smallest absolute Gasteiger partial charge is 0.226 e. The van der Waals surface area contributed by atoms with Gasteiger partial charge in [-0.1, -0.05) is 0 Å². The number of hydrogen-bond acceptors (Lipinski definition) is 5. The normalized spacial score (nSPS) is 15.3. The number of carbonyl (C=O) groups is 1. The van der Waals surface area contributed by atoms with Crippen LogP contribution in [-0.2, 0) is 11.3 Å². The fourth-order valence-electron chi connectivity index (χ4n) is 1.70. The van der Waals surface area contributed by atoms with E-state index in [1.54, 1.807) is 6.26 Å². The number of hydrogen-bond donors (Lipinski definition) is 2. The third-order valence-electron chi connectivity index (χ3n) is 2.88. The van der Waals surface area contributed by atoms with Gasteiger partial charge in [-0.2, -0.15) is 0 Å². The Bertz CT molecular complexity index is 531. The van der Waals surface area contributed by atoms with Crippen molar-refractivity contribution < 1.29 is 9.21 Å². The van der Waals surface area contributed by atoms with Gasteiger partial charge >= 0.3 is 0 Å². The summed E-state index contributed by atoms with van der Waals surface area (Å²) in [5, 5.41) is 8.75. The number of furan rings is 1. The van der Waals surface area contributed by atoms with Crippen LogP contribution < -0.4 is 10.6 Å². The standard InChI is InChI=1S/C12H13N3O2S/c16-11(8-4-13-5-8)14-6-9-7-18-12(15-9)10-2-1-3-17-10/h1-3,7-8,13H,4-6H2,(H,14,16). The third kappa shape index (κ3) is 2.30. The highest BCUT2D eigenvalue weighted by Gasteiger charge is 2.24. The van der Waals surface area contributed by atoms with E-state index in [-0.39, 0.29) is 11.8 Å². The van der Waals surface area contributed by atoms with Crippen molar-refractivity contribution in [1.82, 2.24) is 15.6 Å². The van der Waals surface area contributed by atoms with Gasteiger partial charge in [-0.05, 0) is 12.1 Å². The molecule has 5 nitrogen and oxygen atoms in total. The molecule has 2 N–H and O–H groups in total. The Balaban J connectivity index is 1.58. The number of nitrogens with one attached hydrogen (secondary N) is 2. The van der Waals surface area contributed by atoms with Gasteiger partial charge in [-0.3, -0.25) is 4.79 Å². The van der Waals surface area contributed by atoms with Crippen LogP contribution in [0.1, 0.15) is 5.69 Å². The molecule has 1 saturated heterocycles. The Morgan fingerprint density at radius 1 is 1.61 bits per heavy atom. The molecule has 2 aromatic heterocycles. The maximum Gasteiger partial charge on any atom is 0.226 e. The van der Waals surface area contributed by atoms with E-state index in [4.69, 9.17) is 4.42 Å². The van der Waals surface area contributed by atoms with Crippen molar-refractivity contribution in [2.75, 3.05) is 13.1 Å². The first-order chi connectivity index (χ1) is 8.83. The third-order valence-corrected chi connectivity index (χ3v) is 3.79. The number of aromatic nitrogens is 1. The zero-order valence-corrected chi connectivity index (χ0v) is 10.5. The summed E-state index contributed by atoms with van der Waals surface area (Å²) in [6.07, 6.45) is 1.63. The van der Waals surface area contributed by atoms with Crippen LogP contribution >= 0.6 is 11.3 Å². The highest BCUT2D eigenvalue weighted by atomic mass is 32.1. The second-order valence-electron chi connectivity index (χ2n) is 4.19. The molecule has 0 aliphatic carbocycles. The van der Waals surface area contributed by atoms with Gasteiger partial charge in [0.25, 0.3) is 0 Å². The van der Waals surface area contributed by atoms with Crippen molar-refractivity contribution >= 4 is 17.2 Å². The Morgan fingerprint density at radius 3 is 3.17 bits per heavy atom. The molecule has 6 heteroatoms. The molecule has 1 aliphatic rings. The highest BCUT2D eigenvalue weighted by molar-refractivity contribution is 7.13. The summed E-state index contributed by atoms with van der Waals surface area (Å²) in [7, 11) is 0. The van der Waals surface area contributed by atoms with Crippen LogP contribution in [0.15, 0.2) is 28.2 Å².